The smallest absolute Gasteiger partial charge is 0.180 e. The molecule has 126 valence electrons. The quantitative estimate of drug-likeness (QED) is 0.609. The van der Waals surface area contributed by atoms with Gasteiger partial charge < -0.3 is 5.11 Å². The fourth-order valence-corrected chi connectivity index (χ4v) is 3.82. The minimum Gasteiger partial charge on any atom is -0.395 e. The zero-order chi connectivity index (χ0) is 17.4. The molecule has 0 saturated carbocycles. The van der Waals surface area contributed by atoms with Crippen LogP contribution < -0.4 is 0 Å². The molecule has 6 nitrogen and oxygen atoms in total. The standard InChI is InChI=1S/C18H15N3O3S/c22-11-12-25(23,24)15-8-6-14(7-9-15)21-19-17-10-5-13-3-1-2-4-16(13)18(17)20-21/h1-10,22H,11-12H2. The van der Waals surface area contributed by atoms with E-state index in [2.05, 4.69) is 10.2 Å². The van der Waals surface area contributed by atoms with Crippen LogP contribution in [0.1, 0.15) is 0 Å². The number of hydrogen-bond acceptors (Lipinski definition) is 5. The Labute approximate surface area is 144 Å². The highest BCUT2D eigenvalue weighted by Crippen LogP contribution is 2.23. The normalized spacial score (nSPS) is 12.0. The van der Waals surface area contributed by atoms with E-state index in [0.29, 0.717) is 5.69 Å². The summed E-state index contributed by atoms with van der Waals surface area (Å²) >= 11 is 0. The predicted octanol–water partition coefficient (Wildman–Crippen LogP) is 2.34. The van der Waals surface area contributed by atoms with Crippen molar-refractivity contribution < 1.29 is 13.5 Å². The van der Waals surface area contributed by atoms with Crippen LogP contribution in [-0.4, -0.2) is 40.9 Å². The van der Waals surface area contributed by atoms with Crippen molar-refractivity contribution in [1.82, 2.24) is 15.0 Å². The summed E-state index contributed by atoms with van der Waals surface area (Å²) in [5.41, 5.74) is 2.24. The zero-order valence-corrected chi connectivity index (χ0v) is 14.0. The Morgan fingerprint density at radius 2 is 1.68 bits per heavy atom. The summed E-state index contributed by atoms with van der Waals surface area (Å²) in [6.07, 6.45) is 0. The van der Waals surface area contributed by atoms with Gasteiger partial charge in [0, 0.05) is 5.39 Å². The van der Waals surface area contributed by atoms with E-state index in [9.17, 15) is 8.42 Å². The van der Waals surface area contributed by atoms with E-state index >= 15 is 0 Å². The molecule has 4 aromatic rings. The summed E-state index contributed by atoms with van der Waals surface area (Å²) in [6.45, 7) is -0.400. The molecule has 4 rings (SSSR count). The van der Waals surface area contributed by atoms with Crippen LogP contribution >= 0.6 is 0 Å². The molecule has 0 radical (unpaired) electrons. The van der Waals surface area contributed by atoms with Crippen LogP contribution in [0.2, 0.25) is 0 Å². The number of aromatic nitrogens is 3. The number of aliphatic hydroxyl groups is 1. The number of nitrogens with zero attached hydrogens (tertiary/aromatic N) is 3. The predicted molar refractivity (Wildman–Crippen MR) is 95.5 cm³/mol. The van der Waals surface area contributed by atoms with Crippen LogP contribution in [0, 0.1) is 0 Å². The van der Waals surface area contributed by atoms with Crippen LogP contribution in [0.25, 0.3) is 27.5 Å². The maximum absolute atomic E-state index is 12.0. The Morgan fingerprint density at radius 1 is 0.920 bits per heavy atom. The first-order chi connectivity index (χ1) is 12.1. The zero-order valence-electron chi connectivity index (χ0n) is 13.2. The van der Waals surface area contributed by atoms with Crippen molar-refractivity contribution >= 4 is 31.6 Å². The number of benzene rings is 3. The van der Waals surface area contributed by atoms with E-state index in [1.165, 1.54) is 16.9 Å². The lowest BCUT2D eigenvalue weighted by atomic mass is 10.1. The first-order valence-electron chi connectivity index (χ1n) is 7.77. The lowest BCUT2D eigenvalue weighted by molar-refractivity contribution is 0.319. The largest absolute Gasteiger partial charge is 0.395 e. The lowest BCUT2D eigenvalue weighted by Crippen LogP contribution is -2.10. The first-order valence-corrected chi connectivity index (χ1v) is 9.42. The fourth-order valence-electron chi connectivity index (χ4n) is 2.79. The Hall–Kier alpha value is -2.77. The van der Waals surface area contributed by atoms with Crippen molar-refractivity contribution in [2.75, 3.05) is 12.4 Å². The van der Waals surface area contributed by atoms with Gasteiger partial charge in [0.25, 0.3) is 0 Å². The molecule has 0 fully saturated rings. The summed E-state index contributed by atoms with van der Waals surface area (Å²) < 4.78 is 23.9. The van der Waals surface area contributed by atoms with Crippen LogP contribution in [0.3, 0.4) is 0 Å². The van der Waals surface area contributed by atoms with Crippen LogP contribution in [0.15, 0.2) is 65.6 Å². The molecule has 3 aromatic carbocycles. The average Bonchev–Trinajstić information content (AvgIpc) is 3.06. The molecule has 1 heterocycles. The highest BCUT2D eigenvalue weighted by atomic mass is 32.2. The average molecular weight is 353 g/mol. The first kappa shape index (κ1) is 15.7. The third-order valence-corrected chi connectivity index (χ3v) is 5.77. The summed E-state index contributed by atoms with van der Waals surface area (Å²) in [5.74, 6) is -0.289. The van der Waals surface area contributed by atoms with E-state index in [1.807, 2.05) is 36.4 Å². The van der Waals surface area contributed by atoms with E-state index in [4.69, 9.17) is 5.11 Å². The lowest BCUT2D eigenvalue weighted by Gasteiger charge is -2.04. The van der Waals surface area contributed by atoms with E-state index < -0.39 is 16.4 Å². The molecule has 0 unspecified atom stereocenters. The second kappa shape index (κ2) is 5.94. The third kappa shape index (κ3) is 2.77. The summed E-state index contributed by atoms with van der Waals surface area (Å²) in [5, 5.41) is 20.0. The van der Waals surface area contributed by atoms with Crippen LogP contribution in [-0.2, 0) is 9.84 Å². The van der Waals surface area contributed by atoms with Gasteiger partial charge in [0.1, 0.15) is 11.0 Å². The molecule has 0 saturated heterocycles. The molecule has 0 aliphatic rings. The molecule has 0 spiro atoms. The van der Waals surface area contributed by atoms with Gasteiger partial charge in [-0.05, 0) is 35.7 Å². The summed E-state index contributed by atoms with van der Waals surface area (Å²) in [4.78, 5) is 1.67. The number of sulfone groups is 1. The number of hydrogen-bond donors (Lipinski definition) is 1. The third-order valence-electron chi connectivity index (χ3n) is 4.06. The molecule has 0 atom stereocenters. The summed E-state index contributed by atoms with van der Waals surface area (Å²) in [7, 11) is -3.46. The van der Waals surface area contributed by atoms with Crippen LogP contribution in [0.5, 0.6) is 0 Å². The SMILES string of the molecule is O=S(=O)(CCO)c1ccc(-n2nc3ccc4ccccc4c3n2)cc1. The number of aliphatic hydroxyl groups excluding tert-OH is 1. The Kier molecular flexibility index (Phi) is 3.74. The highest BCUT2D eigenvalue weighted by molar-refractivity contribution is 7.91. The van der Waals surface area contributed by atoms with Crippen molar-refractivity contribution in [1.29, 1.82) is 0 Å². The minimum absolute atomic E-state index is 0.174. The van der Waals surface area contributed by atoms with Crippen molar-refractivity contribution in [2.24, 2.45) is 0 Å². The van der Waals surface area contributed by atoms with E-state index in [-0.39, 0.29) is 10.6 Å². The minimum atomic E-state index is -3.46. The maximum atomic E-state index is 12.0. The molecule has 0 amide bonds. The van der Waals surface area contributed by atoms with Gasteiger partial charge in [-0.25, -0.2) is 8.42 Å². The molecule has 7 heteroatoms. The molecule has 0 bridgehead atoms. The monoisotopic (exact) mass is 353 g/mol. The van der Waals surface area contributed by atoms with Crippen LogP contribution in [0.4, 0.5) is 0 Å². The van der Waals surface area contributed by atoms with E-state index in [1.54, 1.807) is 12.1 Å². The van der Waals surface area contributed by atoms with Gasteiger partial charge in [0.05, 0.1) is 22.9 Å². The van der Waals surface area contributed by atoms with Gasteiger partial charge in [-0.1, -0.05) is 30.3 Å². The van der Waals surface area contributed by atoms with Gasteiger partial charge in [-0.2, -0.15) is 4.80 Å². The molecule has 0 aliphatic heterocycles. The van der Waals surface area contributed by atoms with Crippen molar-refractivity contribution in [2.45, 2.75) is 4.90 Å². The highest BCUT2D eigenvalue weighted by Gasteiger charge is 2.14. The number of rotatable bonds is 4. The molecule has 25 heavy (non-hydrogen) atoms. The molecule has 1 aromatic heterocycles. The molecule has 1 N–H and O–H groups in total. The van der Waals surface area contributed by atoms with Gasteiger partial charge >= 0.3 is 0 Å². The van der Waals surface area contributed by atoms with Crippen molar-refractivity contribution in [3.8, 4) is 5.69 Å². The van der Waals surface area contributed by atoms with Crippen molar-refractivity contribution in [3.05, 3.63) is 60.7 Å². The Morgan fingerprint density at radius 3 is 2.44 bits per heavy atom. The Balaban J connectivity index is 1.78. The second-order valence-electron chi connectivity index (χ2n) is 5.68. The number of fused-ring (bicyclic) bond motifs is 3. The summed E-state index contributed by atoms with van der Waals surface area (Å²) in [6, 6.07) is 18.2. The van der Waals surface area contributed by atoms with Crippen molar-refractivity contribution in [3.63, 3.8) is 0 Å². The Bertz CT molecular complexity index is 1170. The van der Waals surface area contributed by atoms with Gasteiger partial charge in [-0.3, -0.25) is 0 Å². The fraction of sp³-hybridized carbons (Fsp3) is 0.111. The van der Waals surface area contributed by atoms with E-state index in [0.717, 1.165) is 21.8 Å². The maximum Gasteiger partial charge on any atom is 0.180 e. The molecular weight excluding hydrogens is 338 g/mol. The molecular formula is C18H15N3O3S. The van der Waals surface area contributed by atoms with Gasteiger partial charge in [0.15, 0.2) is 9.84 Å². The second-order valence-corrected chi connectivity index (χ2v) is 7.79. The van der Waals surface area contributed by atoms with Gasteiger partial charge in [0.2, 0.25) is 0 Å². The van der Waals surface area contributed by atoms with Gasteiger partial charge in [-0.15, -0.1) is 10.2 Å². The molecule has 0 aliphatic carbocycles. The topological polar surface area (TPSA) is 85.1 Å².